The lowest BCUT2D eigenvalue weighted by atomic mass is 10.2. The summed E-state index contributed by atoms with van der Waals surface area (Å²) in [6.45, 7) is 0.602. The van der Waals surface area contributed by atoms with E-state index in [1.807, 2.05) is 18.2 Å². The second-order valence-corrected chi connectivity index (χ2v) is 4.54. The van der Waals surface area contributed by atoms with Crippen molar-refractivity contribution >= 4 is 18.5 Å². The number of aromatic amines is 1. The van der Waals surface area contributed by atoms with Gasteiger partial charge in [-0.3, -0.25) is 14.9 Å². The van der Waals surface area contributed by atoms with Gasteiger partial charge in [0.25, 0.3) is 0 Å². The summed E-state index contributed by atoms with van der Waals surface area (Å²) in [5.74, 6) is 0.603. The van der Waals surface area contributed by atoms with Crippen LogP contribution in [0, 0.1) is 0 Å². The number of carbonyl (C=O) groups is 1. The quantitative estimate of drug-likeness (QED) is 0.699. The first-order valence-electron chi connectivity index (χ1n) is 6.12. The lowest BCUT2D eigenvalue weighted by Crippen LogP contribution is -2.25. The standard InChI is InChI=1S/C13H16N4OS/c18-13(4-8-19)15-7-3-11-9-12(17-16-11)10-1-5-14-6-2-10/h1-2,5-6,9,19H,3-4,7-8H2,(H,15,18)(H,16,17). The number of thiol groups is 1. The van der Waals surface area contributed by atoms with Crippen LogP contribution < -0.4 is 5.32 Å². The van der Waals surface area contributed by atoms with E-state index >= 15 is 0 Å². The topological polar surface area (TPSA) is 70.7 Å². The van der Waals surface area contributed by atoms with Crippen molar-refractivity contribution in [3.63, 3.8) is 0 Å². The molecule has 0 fully saturated rings. The third kappa shape index (κ3) is 4.10. The lowest BCUT2D eigenvalue weighted by Gasteiger charge is -2.01. The molecule has 0 saturated heterocycles. The number of H-pyrrole nitrogens is 1. The number of rotatable bonds is 6. The smallest absolute Gasteiger partial charge is 0.220 e. The Balaban J connectivity index is 1.86. The molecule has 0 atom stereocenters. The molecule has 2 N–H and O–H groups in total. The summed E-state index contributed by atoms with van der Waals surface area (Å²) in [4.78, 5) is 15.2. The molecule has 2 rings (SSSR count). The zero-order valence-corrected chi connectivity index (χ0v) is 11.4. The molecule has 0 saturated carbocycles. The number of nitrogens with zero attached hydrogens (tertiary/aromatic N) is 2. The number of nitrogens with one attached hydrogen (secondary N) is 2. The minimum Gasteiger partial charge on any atom is -0.356 e. The van der Waals surface area contributed by atoms with Gasteiger partial charge in [-0.25, -0.2) is 0 Å². The third-order valence-electron chi connectivity index (χ3n) is 2.66. The van der Waals surface area contributed by atoms with Crippen molar-refractivity contribution in [3.8, 4) is 11.3 Å². The highest BCUT2D eigenvalue weighted by Crippen LogP contribution is 2.16. The summed E-state index contributed by atoms with van der Waals surface area (Å²) in [6, 6.07) is 5.81. The molecule has 0 unspecified atom stereocenters. The molecule has 0 aromatic carbocycles. The van der Waals surface area contributed by atoms with Gasteiger partial charge in [-0.05, 0) is 24.0 Å². The molecule has 1 amide bonds. The molecule has 0 aliphatic rings. The highest BCUT2D eigenvalue weighted by Gasteiger charge is 2.04. The second kappa shape index (κ2) is 6.94. The number of hydrogen-bond donors (Lipinski definition) is 3. The zero-order chi connectivity index (χ0) is 13.5. The van der Waals surface area contributed by atoms with Crippen LogP contribution in [0.2, 0.25) is 0 Å². The predicted molar refractivity (Wildman–Crippen MR) is 77.0 cm³/mol. The van der Waals surface area contributed by atoms with Crippen LogP contribution in [0.4, 0.5) is 0 Å². The van der Waals surface area contributed by atoms with Gasteiger partial charge >= 0.3 is 0 Å². The molecule has 0 spiro atoms. The Bertz CT molecular complexity index is 526. The highest BCUT2D eigenvalue weighted by molar-refractivity contribution is 7.80. The predicted octanol–water partition coefficient (Wildman–Crippen LogP) is 1.45. The molecule has 2 aromatic heterocycles. The van der Waals surface area contributed by atoms with Crippen molar-refractivity contribution in [1.29, 1.82) is 0 Å². The lowest BCUT2D eigenvalue weighted by molar-refractivity contribution is -0.120. The fourth-order valence-corrected chi connectivity index (χ4v) is 1.89. The van der Waals surface area contributed by atoms with E-state index in [9.17, 15) is 4.79 Å². The molecule has 2 aromatic rings. The van der Waals surface area contributed by atoms with Crippen LogP contribution in [-0.4, -0.2) is 33.4 Å². The van der Waals surface area contributed by atoms with Crippen LogP contribution in [0.3, 0.4) is 0 Å². The van der Waals surface area contributed by atoms with Crippen LogP contribution >= 0.6 is 12.6 Å². The van der Waals surface area contributed by atoms with Crippen molar-refractivity contribution in [3.05, 3.63) is 36.3 Å². The Hall–Kier alpha value is -1.82. The molecule has 0 aliphatic carbocycles. The first-order valence-corrected chi connectivity index (χ1v) is 6.75. The minimum absolute atomic E-state index is 0.0314. The fraction of sp³-hybridized carbons (Fsp3) is 0.308. The number of carbonyl (C=O) groups excluding carboxylic acids is 1. The van der Waals surface area contributed by atoms with E-state index in [1.54, 1.807) is 12.4 Å². The van der Waals surface area contributed by atoms with Gasteiger partial charge in [0.05, 0.1) is 5.69 Å². The maximum absolute atomic E-state index is 11.3. The van der Waals surface area contributed by atoms with Crippen LogP contribution in [0.15, 0.2) is 30.6 Å². The summed E-state index contributed by atoms with van der Waals surface area (Å²) in [6.07, 6.45) is 4.66. The van der Waals surface area contributed by atoms with E-state index < -0.39 is 0 Å². The molecule has 0 radical (unpaired) electrons. The first kappa shape index (κ1) is 13.6. The van der Waals surface area contributed by atoms with Crippen molar-refractivity contribution in [2.45, 2.75) is 12.8 Å². The van der Waals surface area contributed by atoms with Gasteiger partial charge in [0.1, 0.15) is 0 Å². The Labute approximate surface area is 117 Å². The third-order valence-corrected chi connectivity index (χ3v) is 2.89. The average molecular weight is 276 g/mol. The first-order chi connectivity index (χ1) is 9.29. The Kier molecular flexibility index (Phi) is 4.97. The average Bonchev–Trinajstić information content (AvgIpc) is 2.89. The van der Waals surface area contributed by atoms with E-state index in [4.69, 9.17) is 0 Å². The van der Waals surface area contributed by atoms with Crippen molar-refractivity contribution in [2.75, 3.05) is 12.3 Å². The van der Waals surface area contributed by atoms with Gasteiger partial charge in [-0.1, -0.05) is 0 Å². The summed E-state index contributed by atoms with van der Waals surface area (Å²) in [7, 11) is 0. The van der Waals surface area contributed by atoms with Gasteiger partial charge in [0.2, 0.25) is 5.91 Å². The summed E-state index contributed by atoms with van der Waals surface area (Å²) >= 11 is 4.01. The van der Waals surface area contributed by atoms with Crippen molar-refractivity contribution < 1.29 is 4.79 Å². The Morgan fingerprint density at radius 3 is 2.89 bits per heavy atom. The summed E-state index contributed by atoms with van der Waals surface area (Å²) in [5, 5.41) is 10.1. The van der Waals surface area contributed by atoms with Gasteiger partial charge in [0, 0.05) is 43.0 Å². The van der Waals surface area contributed by atoms with Gasteiger partial charge in [-0.15, -0.1) is 0 Å². The maximum atomic E-state index is 11.3. The Morgan fingerprint density at radius 1 is 1.37 bits per heavy atom. The SMILES string of the molecule is O=C(CCS)NCCc1cc(-c2ccncc2)n[nH]1. The van der Waals surface area contributed by atoms with E-state index in [2.05, 4.69) is 33.1 Å². The zero-order valence-electron chi connectivity index (χ0n) is 10.5. The highest BCUT2D eigenvalue weighted by atomic mass is 32.1. The molecule has 19 heavy (non-hydrogen) atoms. The number of aromatic nitrogens is 3. The molecule has 6 heteroatoms. The molecular formula is C13H16N4OS. The van der Waals surface area contributed by atoms with Crippen LogP contribution in [0.5, 0.6) is 0 Å². The van der Waals surface area contributed by atoms with E-state index in [-0.39, 0.29) is 5.91 Å². The maximum Gasteiger partial charge on any atom is 0.220 e. The molecule has 100 valence electrons. The van der Waals surface area contributed by atoms with Gasteiger partial charge in [-0.2, -0.15) is 17.7 Å². The number of amides is 1. The van der Waals surface area contributed by atoms with Crippen molar-refractivity contribution in [2.24, 2.45) is 0 Å². The van der Waals surface area contributed by atoms with Crippen LogP contribution in [-0.2, 0) is 11.2 Å². The van der Waals surface area contributed by atoms with Gasteiger partial charge in [0.15, 0.2) is 0 Å². The van der Waals surface area contributed by atoms with E-state index in [0.29, 0.717) is 18.7 Å². The largest absolute Gasteiger partial charge is 0.356 e. The van der Waals surface area contributed by atoms with E-state index in [0.717, 1.165) is 23.4 Å². The molecule has 0 aliphatic heterocycles. The number of hydrogen-bond acceptors (Lipinski definition) is 4. The van der Waals surface area contributed by atoms with Gasteiger partial charge < -0.3 is 5.32 Å². The van der Waals surface area contributed by atoms with Crippen LogP contribution in [0.25, 0.3) is 11.3 Å². The normalized spacial score (nSPS) is 10.4. The Morgan fingerprint density at radius 2 is 2.16 bits per heavy atom. The van der Waals surface area contributed by atoms with Crippen molar-refractivity contribution in [1.82, 2.24) is 20.5 Å². The molecule has 5 nitrogen and oxygen atoms in total. The second-order valence-electron chi connectivity index (χ2n) is 4.09. The minimum atomic E-state index is 0.0314. The monoisotopic (exact) mass is 276 g/mol. The molecule has 2 heterocycles. The fourth-order valence-electron chi connectivity index (χ4n) is 1.69. The van der Waals surface area contributed by atoms with Crippen LogP contribution in [0.1, 0.15) is 12.1 Å². The molecular weight excluding hydrogens is 260 g/mol. The molecule has 0 bridgehead atoms. The number of pyridine rings is 1. The summed E-state index contributed by atoms with van der Waals surface area (Å²) in [5.41, 5.74) is 2.91. The summed E-state index contributed by atoms with van der Waals surface area (Å²) < 4.78 is 0. The van der Waals surface area contributed by atoms with E-state index in [1.165, 1.54) is 0 Å².